The minimum Gasteiger partial charge on any atom is -0.305 e. The Hall–Kier alpha value is -1.31. The van der Waals surface area contributed by atoms with Gasteiger partial charge in [0, 0.05) is 24.0 Å². The predicted octanol–water partition coefficient (Wildman–Crippen LogP) is 4.27. The number of benzene rings is 2. The second kappa shape index (κ2) is 5.59. The molecule has 1 atom stereocenters. The minimum absolute atomic E-state index is 0.413. The molecule has 1 unspecified atom stereocenters. The maximum absolute atomic E-state index is 6.43. The van der Waals surface area contributed by atoms with Crippen molar-refractivity contribution in [1.82, 2.24) is 4.90 Å². The average Bonchev–Trinajstić information content (AvgIpc) is 2.60. The molecule has 2 aromatic rings. The van der Waals surface area contributed by atoms with Crippen LogP contribution < -0.4 is 0 Å². The lowest BCUT2D eigenvalue weighted by atomic mass is 9.87. The molecule has 1 heterocycles. The summed E-state index contributed by atoms with van der Waals surface area (Å²) in [4.78, 5) is 2.41. The van der Waals surface area contributed by atoms with Crippen LogP contribution in [0.5, 0.6) is 0 Å². The van der Waals surface area contributed by atoms with Crippen LogP contribution in [0, 0.1) is 6.92 Å². The van der Waals surface area contributed by atoms with Crippen molar-refractivity contribution in [2.24, 2.45) is 0 Å². The van der Waals surface area contributed by atoms with E-state index in [-0.39, 0.29) is 0 Å². The summed E-state index contributed by atoms with van der Waals surface area (Å²) in [6.45, 7) is 4.28. The lowest BCUT2D eigenvalue weighted by Gasteiger charge is -2.22. The average molecular weight is 286 g/mol. The zero-order valence-corrected chi connectivity index (χ0v) is 12.8. The Kier molecular flexibility index (Phi) is 3.82. The Morgan fingerprint density at radius 1 is 1.15 bits per heavy atom. The standard InChI is InChI=1S/C18H20ClN/c1-13-5-3-6-14(11-13)17-12-20(2)10-9-16-15(17)7-4-8-18(16)19/h3-8,11,17H,9-10,12H2,1-2H3. The van der Waals surface area contributed by atoms with E-state index in [1.54, 1.807) is 0 Å². The molecule has 0 saturated heterocycles. The van der Waals surface area contributed by atoms with Gasteiger partial charge in [0.2, 0.25) is 0 Å². The van der Waals surface area contributed by atoms with E-state index < -0.39 is 0 Å². The summed E-state index contributed by atoms with van der Waals surface area (Å²) in [5.41, 5.74) is 5.43. The maximum Gasteiger partial charge on any atom is 0.0441 e. The molecule has 0 fully saturated rings. The molecule has 0 bridgehead atoms. The van der Waals surface area contributed by atoms with E-state index in [4.69, 9.17) is 11.6 Å². The Balaban J connectivity index is 2.12. The number of nitrogens with zero attached hydrogens (tertiary/aromatic N) is 1. The number of likely N-dealkylation sites (N-methyl/N-ethyl adjacent to an activating group) is 1. The molecule has 0 radical (unpaired) electrons. The van der Waals surface area contributed by atoms with Crippen molar-refractivity contribution < 1.29 is 0 Å². The monoisotopic (exact) mass is 285 g/mol. The molecule has 1 nitrogen and oxygen atoms in total. The fourth-order valence-electron chi connectivity index (χ4n) is 3.14. The quantitative estimate of drug-likeness (QED) is 0.756. The SMILES string of the molecule is Cc1cccc(C2CN(C)CCc3c(Cl)cccc32)c1. The first kappa shape index (κ1) is 13.7. The van der Waals surface area contributed by atoms with E-state index in [0.717, 1.165) is 24.5 Å². The highest BCUT2D eigenvalue weighted by atomic mass is 35.5. The topological polar surface area (TPSA) is 3.24 Å². The Bertz CT molecular complexity index is 621. The molecule has 0 amide bonds. The summed E-state index contributed by atoms with van der Waals surface area (Å²) >= 11 is 6.43. The van der Waals surface area contributed by atoms with Crippen molar-refractivity contribution >= 4 is 11.6 Å². The molecule has 3 rings (SSSR count). The molecule has 0 N–H and O–H groups in total. The predicted molar refractivity (Wildman–Crippen MR) is 85.7 cm³/mol. The van der Waals surface area contributed by atoms with Crippen molar-refractivity contribution in [3.05, 3.63) is 69.7 Å². The number of halogens is 1. The van der Waals surface area contributed by atoms with E-state index >= 15 is 0 Å². The van der Waals surface area contributed by atoms with Gasteiger partial charge in [-0.3, -0.25) is 0 Å². The first-order valence-corrected chi connectivity index (χ1v) is 7.55. The van der Waals surface area contributed by atoms with Gasteiger partial charge in [-0.2, -0.15) is 0 Å². The van der Waals surface area contributed by atoms with Crippen molar-refractivity contribution in [1.29, 1.82) is 0 Å². The van der Waals surface area contributed by atoms with Crippen LogP contribution in [0.15, 0.2) is 42.5 Å². The molecule has 2 aromatic carbocycles. The van der Waals surface area contributed by atoms with Gasteiger partial charge in [0.05, 0.1) is 0 Å². The van der Waals surface area contributed by atoms with E-state index in [1.165, 1.54) is 22.3 Å². The third-order valence-electron chi connectivity index (χ3n) is 4.21. The lowest BCUT2D eigenvalue weighted by Crippen LogP contribution is -2.24. The Morgan fingerprint density at radius 3 is 2.75 bits per heavy atom. The van der Waals surface area contributed by atoms with Crippen LogP contribution in [0.25, 0.3) is 0 Å². The van der Waals surface area contributed by atoms with E-state index in [9.17, 15) is 0 Å². The smallest absolute Gasteiger partial charge is 0.0441 e. The molecule has 1 aliphatic rings. The van der Waals surface area contributed by atoms with Crippen LogP contribution in [-0.4, -0.2) is 25.0 Å². The van der Waals surface area contributed by atoms with Crippen LogP contribution in [0.1, 0.15) is 28.2 Å². The summed E-state index contributed by atoms with van der Waals surface area (Å²) in [6.07, 6.45) is 1.04. The van der Waals surface area contributed by atoms with Gasteiger partial charge in [0.25, 0.3) is 0 Å². The largest absolute Gasteiger partial charge is 0.305 e. The number of hydrogen-bond acceptors (Lipinski definition) is 1. The molecular weight excluding hydrogens is 266 g/mol. The first-order valence-electron chi connectivity index (χ1n) is 7.17. The summed E-state index contributed by atoms with van der Waals surface area (Å²) in [5, 5.41) is 0.912. The summed E-state index contributed by atoms with van der Waals surface area (Å²) in [6, 6.07) is 15.2. The van der Waals surface area contributed by atoms with Crippen LogP contribution in [0.4, 0.5) is 0 Å². The van der Waals surface area contributed by atoms with Gasteiger partial charge in [-0.25, -0.2) is 0 Å². The Labute approximate surface area is 126 Å². The summed E-state index contributed by atoms with van der Waals surface area (Å²) in [7, 11) is 2.20. The van der Waals surface area contributed by atoms with Crippen molar-refractivity contribution in [3.63, 3.8) is 0 Å². The highest BCUT2D eigenvalue weighted by Gasteiger charge is 2.24. The van der Waals surface area contributed by atoms with Gasteiger partial charge < -0.3 is 4.90 Å². The fourth-order valence-corrected chi connectivity index (χ4v) is 3.42. The first-order chi connectivity index (χ1) is 9.65. The van der Waals surface area contributed by atoms with E-state index in [2.05, 4.69) is 55.3 Å². The summed E-state index contributed by atoms with van der Waals surface area (Å²) < 4.78 is 0. The highest BCUT2D eigenvalue weighted by Crippen LogP contribution is 2.34. The molecule has 0 aliphatic carbocycles. The number of hydrogen-bond donors (Lipinski definition) is 0. The van der Waals surface area contributed by atoms with Crippen LogP contribution in [0.2, 0.25) is 5.02 Å². The van der Waals surface area contributed by atoms with Crippen LogP contribution >= 0.6 is 11.6 Å². The third-order valence-corrected chi connectivity index (χ3v) is 4.57. The molecular formula is C18H20ClN. The Morgan fingerprint density at radius 2 is 1.95 bits per heavy atom. The van der Waals surface area contributed by atoms with Gasteiger partial charge in [0.15, 0.2) is 0 Å². The molecule has 0 saturated carbocycles. The van der Waals surface area contributed by atoms with Crippen molar-refractivity contribution in [2.45, 2.75) is 19.3 Å². The van der Waals surface area contributed by atoms with Gasteiger partial charge in [-0.05, 0) is 43.1 Å². The van der Waals surface area contributed by atoms with Crippen molar-refractivity contribution in [3.8, 4) is 0 Å². The summed E-state index contributed by atoms with van der Waals surface area (Å²) in [5.74, 6) is 0.413. The molecule has 0 aromatic heterocycles. The van der Waals surface area contributed by atoms with Crippen molar-refractivity contribution in [2.75, 3.05) is 20.1 Å². The second-order valence-electron chi connectivity index (χ2n) is 5.79. The van der Waals surface area contributed by atoms with E-state index in [1.807, 2.05) is 6.07 Å². The third kappa shape index (κ3) is 2.61. The van der Waals surface area contributed by atoms with Gasteiger partial charge >= 0.3 is 0 Å². The minimum atomic E-state index is 0.413. The van der Waals surface area contributed by atoms with Crippen LogP contribution in [-0.2, 0) is 6.42 Å². The molecule has 104 valence electrons. The normalized spacial score (nSPS) is 19.4. The lowest BCUT2D eigenvalue weighted by molar-refractivity contribution is 0.338. The number of aryl methyl sites for hydroxylation is 1. The zero-order valence-electron chi connectivity index (χ0n) is 12.1. The fraction of sp³-hybridized carbons (Fsp3) is 0.333. The van der Waals surface area contributed by atoms with Gasteiger partial charge in [-0.1, -0.05) is 53.6 Å². The zero-order chi connectivity index (χ0) is 14.1. The number of fused-ring (bicyclic) bond motifs is 1. The molecule has 1 aliphatic heterocycles. The van der Waals surface area contributed by atoms with Gasteiger partial charge in [0.1, 0.15) is 0 Å². The van der Waals surface area contributed by atoms with Crippen LogP contribution in [0.3, 0.4) is 0 Å². The molecule has 0 spiro atoms. The van der Waals surface area contributed by atoms with E-state index in [0.29, 0.717) is 5.92 Å². The number of rotatable bonds is 1. The highest BCUT2D eigenvalue weighted by molar-refractivity contribution is 6.31. The maximum atomic E-state index is 6.43. The van der Waals surface area contributed by atoms with Gasteiger partial charge in [-0.15, -0.1) is 0 Å². The second-order valence-corrected chi connectivity index (χ2v) is 6.19. The molecule has 2 heteroatoms. The molecule has 20 heavy (non-hydrogen) atoms.